The molecule has 0 N–H and O–H groups in total. The molecule has 22 heavy (non-hydrogen) atoms. The summed E-state index contributed by atoms with van der Waals surface area (Å²) in [6.45, 7) is 4.31. The third-order valence-electron chi connectivity index (χ3n) is 3.31. The van der Waals surface area contributed by atoms with E-state index in [0.717, 1.165) is 27.4 Å². The van der Waals surface area contributed by atoms with E-state index < -0.39 is 0 Å². The summed E-state index contributed by atoms with van der Waals surface area (Å²) in [6.07, 6.45) is 3.98. The Morgan fingerprint density at radius 1 is 1.09 bits per heavy atom. The predicted molar refractivity (Wildman–Crippen MR) is 95.1 cm³/mol. The van der Waals surface area contributed by atoms with E-state index in [9.17, 15) is 0 Å². The van der Waals surface area contributed by atoms with E-state index in [1.807, 2.05) is 60.7 Å². The molecule has 2 aromatic carbocycles. The van der Waals surface area contributed by atoms with Crippen LogP contribution in [0.2, 0.25) is 5.02 Å². The Morgan fingerprint density at radius 2 is 1.82 bits per heavy atom. The second-order valence-corrected chi connectivity index (χ2v) is 5.92. The summed E-state index contributed by atoms with van der Waals surface area (Å²) >= 11 is 11.9. The number of imidazole rings is 1. The van der Waals surface area contributed by atoms with E-state index in [1.54, 1.807) is 0 Å². The number of hydrogen-bond donors (Lipinski definition) is 0. The standard InChI is InChI=1S/C18H14Cl2N2/c1-13(19)12-22-17-5-3-2-4-16(17)21-18(22)11-8-14-6-9-15(20)10-7-14/h2-11H,1,12H2/b11-8+. The van der Waals surface area contributed by atoms with Crippen LogP contribution in [0, 0.1) is 0 Å². The highest BCUT2D eigenvalue weighted by atomic mass is 35.5. The van der Waals surface area contributed by atoms with Crippen LogP contribution in [-0.4, -0.2) is 9.55 Å². The molecule has 0 atom stereocenters. The van der Waals surface area contributed by atoms with Crippen molar-refractivity contribution in [3.8, 4) is 0 Å². The number of fused-ring (bicyclic) bond motifs is 1. The Labute approximate surface area is 139 Å². The first kappa shape index (κ1) is 14.9. The second-order valence-electron chi connectivity index (χ2n) is 4.95. The smallest absolute Gasteiger partial charge is 0.134 e. The number of hydrogen-bond acceptors (Lipinski definition) is 1. The summed E-state index contributed by atoms with van der Waals surface area (Å²) in [4.78, 5) is 4.65. The van der Waals surface area contributed by atoms with Crippen molar-refractivity contribution in [2.24, 2.45) is 0 Å². The third kappa shape index (κ3) is 3.24. The van der Waals surface area contributed by atoms with E-state index in [4.69, 9.17) is 23.2 Å². The fourth-order valence-electron chi connectivity index (χ4n) is 2.30. The zero-order valence-electron chi connectivity index (χ0n) is 11.8. The third-order valence-corrected chi connectivity index (χ3v) is 3.68. The SMILES string of the molecule is C=C(Cl)Cn1c(/C=C/c2ccc(Cl)cc2)nc2ccccc21. The van der Waals surface area contributed by atoms with Crippen molar-refractivity contribution in [2.45, 2.75) is 6.54 Å². The number of rotatable bonds is 4. The van der Waals surface area contributed by atoms with Gasteiger partial charge in [-0.05, 0) is 35.9 Å². The number of allylic oxidation sites excluding steroid dienone is 1. The highest BCUT2D eigenvalue weighted by Gasteiger charge is 2.08. The molecular weight excluding hydrogens is 315 g/mol. The minimum atomic E-state index is 0.530. The Balaban J connectivity index is 2.01. The Morgan fingerprint density at radius 3 is 2.55 bits per heavy atom. The monoisotopic (exact) mass is 328 g/mol. The van der Waals surface area contributed by atoms with Gasteiger partial charge in [0.25, 0.3) is 0 Å². The molecule has 110 valence electrons. The molecule has 0 fully saturated rings. The predicted octanol–water partition coefficient (Wildman–Crippen LogP) is 5.61. The van der Waals surface area contributed by atoms with Crippen molar-refractivity contribution in [3.63, 3.8) is 0 Å². The van der Waals surface area contributed by atoms with Crippen molar-refractivity contribution >= 4 is 46.4 Å². The average molecular weight is 329 g/mol. The lowest BCUT2D eigenvalue weighted by Gasteiger charge is -2.05. The largest absolute Gasteiger partial charge is 0.319 e. The second kappa shape index (κ2) is 6.39. The van der Waals surface area contributed by atoms with E-state index >= 15 is 0 Å². The van der Waals surface area contributed by atoms with Gasteiger partial charge in [-0.15, -0.1) is 0 Å². The first-order valence-corrected chi connectivity index (χ1v) is 7.61. The molecule has 3 aromatic rings. The summed E-state index contributed by atoms with van der Waals surface area (Å²) in [6, 6.07) is 15.6. The van der Waals surface area contributed by atoms with Gasteiger partial charge >= 0.3 is 0 Å². The molecule has 2 nitrogen and oxygen atoms in total. The van der Waals surface area contributed by atoms with Crippen LogP contribution in [0.25, 0.3) is 23.2 Å². The van der Waals surface area contributed by atoms with Crippen molar-refractivity contribution in [1.29, 1.82) is 0 Å². The summed E-state index contributed by atoms with van der Waals surface area (Å²) in [5, 5.41) is 1.30. The molecule has 0 aliphatic carbocycles. The van der Waals surface area contributed by atoms with Crippen LogP contribution in [0.15, 0.2) is 60.1 Å². The lowest BCUT2D eigenvalue weighted by molar-refractivity contribution is 0.828. The maximum atomic E-state index is 5.99. The minimum absolute atomic E-state index is 0.530. The first-order chi connectivity index (χ1) is 10.6. The molecule has 0 saturated heterocycles. The van der Waals surface area contributed by atoms with Crippen LogP contribution >= 0.6 is 23.2 Å². The van der Waals surface area contributed by atoms with Crippen LogP contribution in [-0.2, 0) is 6.54 Å². The molecule has 1 aromatic heterocycles. The van der Waals surface area contributed by atoms with Gasteiger partial charge in [0.1, 0.15) is 5.82 Å². The molecule has 1 heterocycles. The van der Waals surface area contributed by atoms with Crippen molar-refractivity contribution in [2.75, 3.05) is 0 Å². The van der Waals surface area contributed by atoms with Gasteiger partial charge in [-0.1, -0.05) is 60.1 Å². The molecule has 0 amide bonds. The Bertz CT molecular complexity index is 845. The summed E-state index contributed by atoms with van der Waals surface area (Å²) in [5.74, 6) is 0.845. The fourth-order valence-corrected chi connectivity index (χ4v) is 2.55. The van der Waals surface area contributed by atoms with Gasteiger partial charge in [0, 0.05) is 10.1 Å². The average Bonchev–Trinajstić information content (AvgIpc) is 2.84. The number of nitrogens with zero attached hydrogens (tertiary/aromatic N) is 2. The van der Waals surface area contributed by atoms with E-state index in [1.165, 1.54) is 0 Å². The molecule has 3 rings (SSSR count). The van der Waals surface area contributed by atoms with Gasteiger partial charge in [-0.2, -0.15) is 0 Å². The lowest BCUT2D eigenvalue weighted by Crippen LogP contribution is -2.00. The summed E-state index contributed by atoms with van der Waals surface area (Å²) < 4.78 is 2.05. The molecule has 0 spiro atoms. The zero-order chi connectivity index (χ0) is 15.5. The number of benzene rings is 2. The van der Waals surface area contributed by atoms with E-state index in [0.29, 0.717) is 11.6 Å². The molecule has 0 aliphatic rings. The zero-order valence-corrected chi connectivity index (χ0v) is 13.3. The Kier molecular flexibility index (Phi) is 4.32. The fraction of sp³-hybridized carbons (Fsp3) is 0.0556. The van der Waals surface area contributed by atoms with Gasteiger partial charge < -0.3 is 4.57 Å². The normalized spacial score (nSPS) is 11.4. The number of aromatic nitrogens is 2. The number of para-hydroxylation sites is 2. The topological polar surface area (TPSA) is 17.8 Å². The summed E-state index contributed by atoms with van der Waals surface area (Å²) in [5.41, 5.74) is 3.05. The summed E-state index contributed by atoms with van der Waals surface area (Å²) in [7, 11) is 0. The maximum Gasteiger partial charge on any atom is 0.134 e. The molecule has 4 heteroatoms. The maximum absolute atomic E-state index is 5.99. The highest BCUT2D eigenvalue weighted by Crippen LogP contribution is 2.20. The molecule has 0 unspecified atom stereocenters. The molecule has 0 radical (unpaired) electrons. The van der Waals surface area contributed by atoms with Crippen LogP contribution in [0.5, 0.6) is 0 Å². The van der Waals surface area contributed by atoms with Crippen molar-refractivity contribution in [3.05, 3.63) is 76.6 Å². The molecular formula is C18H14Cl2N2. The van der Waals surface area contributed by atoms with Crippen molar-refractivity contribution < 1.29 is 0 Å². The van der Waals surface area contributed by atoms with E-state index in [-0.39, 0.29) is 0 Å². The van der Waals surface area contributed by atoms with E-state index in [2.05, 4.69) is 16.1 Å². The molecule has 0 aliphatic heterocycles. The minimum Gasteiger partial charge on any atom is -0.319 e. The van der Waals surface area contributed by atoms with Gasteiger partial charge in [-0.3, -0.25) is 0 Å². The molecule has 0 bridgehead atoms. The van der Waals surface area contributed by atoms with Gasteiger partial charge in [0.15, 0.2) is 0 Å². The van der Waals surface area contributed by atoms with Gasteiger partial charge in [-0.25, -0.2) is 4.98 Å². The van der Waals surface area contributed by atoms with Gasteiger partial charge in [0.05, 0.1) is 17.6 Å². The van der Waals surface area contributed by atoms with Crippen LogP contribution in [0.3, 0.4) is 0 Å². The van der Waals surface area contributed by atoms with Gasteiger partial charge in [0.2, 0.25) is 0 Å². The number of halogens is 2. The highest BCUT2D eigenvalue weighted by molar-refractivity contribution is 6.30. The van der Waals surface area contributed by atoms with Crippen molar-refractivity contribution in [1.82, 2.24) is 9.55 Å². The lowest BCUT2D eigenvalue weighted by atomic mass is 10.2. The Hall–Kier alpha value is -2.03. The first-order valence-electron chi connectivity index (χ1n) is 6.86. The van der Waals surface area contributed by atoms with Crippen LogP contribution in [0.4, 0.5) is 0 Å². The van der Waals surface area contributed by atoms with Crippen LogP contribution in [0.1, 0.15) is 11.4 Å². The van der Waals surface area contributed by atoms with Crippen LogP contribution < -0.4 is 0 Å². The molecule has 0 saturated carbocycles. The quantitative estimate of drug-likeness (QED) is 0.608.